The standard InChI is InChI=1S/C17H15.Zr/c1-12-10-15-8-9-16(17(15)11-13(12)2)14-6-4-3-5-7-14;/h3-11H,1-2H3;. The van der Waals surface area contributed by atoms with Crippen molar-refractivity contribution in [3.05, 3.63) is 82.8 Å². The van der Waals surface area contributed by atoms with Crippen molar-refractivity contribution < 1.29 is 26.2 Å². The van der Waals surface area contributed by atoms with Crippen LogP contribution in [0.4, 0.5) is 0 Å². The van der Waals surface area contributed by atoms with Gasteiger partial charge in [-0.2, -0.15) is 0 Å². The third kappa shape index (κ3) is 2.29. The summed E-state index contributed by atoms with van der Waals surface area (Å²) >= 11 is 0. The summed E-state index contributed by atoms with van der Waals surface area (Å²) in [6.45, 7) is 4.35. The van der Waals surface area contributed by atoms with E-state index in [1.54, 1.807) is 0 Å². The van der Waals surface area contributed by atoms with Gasteiger partial charge in [0.25, 0.3) is 0 Å². The van der Waals surface area contributed by atoms with Crippen molar-refractivity contribution in [2.75, 3.05) is 0 Å². The predicted octanol–water partition coefficient (Wildman–Crippen LogP) is 4.30. The second-order valence-electron chi connectivity index (χ2n) is 4.64. The number of hydrogen-bond acceptors (Lipinski definition) is 0. The first-order valence-electron chi connectivity index (χ1n) is 5.98. The molecule has 2 aromatic rings. The summed E-state index contributed by atoms with van der Waals surface area (Å²) in [5, 5.41) is 0. The van der Waals surface area contributed by atoms with Gasteiger partial charge in [-0.3, -0.25) is 0 Å². The van der Waals surface area contributed by atoms with E-state index in [-0.39, 0.29) is 26.2 Å². The summed E-state index contributed by atoms with van der Waals surface area (Å²) in [4.78, 5) is 0. The van der Waals surface area contributed by atoms with Crippen molar-refractivity contribution in [2.45, 2.75) is 13.8 Å². The topological polar surface area (TPSA) is 0 Å². The number of benzene rings is 2. The molecule has 1 radical (unpaired) electrons. The molecule has 0 heterocycles. The van der Waals surface area contributed by atoms with Crippen LogP contribution in [0.15, 0.2) is 48.5 Å². The molecule has 0 aliphatic heterocycles. The Bertz CT molecular complexity index is 595. The second-order valence-corrected chi connectivity index (χ2v) is 4.64. The fourth-order valence-corrected chi connectivity index (χ4v) is 2.34. The summed E-state index contributed by atoms with van der Waals surface area (Å²) in [6, 6.07) is 15.2. The Balaban J connectivity index is 0.00000120. The molecule has 0 saturated heterocycles. The molecule has 0 saturated carbocycles. The van der Waals surface area contributed by atoms with Gasteiger partial charge in [-0.25, -0.2) is 0 Å². The van der Waals surface area contributed by atoms with Crippen molar-refractivity contribution in [2.24, 2.45) is 0 Å². The van der Waals surface area contributed by atoms with E-state index >= 15 is 0 Å². The summed E-state index contributed by atoms with van der Waals surface area (Å²) < 4.78 is 0. The van der Waals surface area contributed by atoms with Crippen LogP contribution in [-0.4, -0.2) is 0 Å². The van der Waals surface area contributed by atoms with E-state index in [9.17, 15) is 0 Å². The third-order valence-corrected chi connectivity index (χ3v) is 3.47. The number of rotatable bonds is 1. The molecule has 0 nitrogen and oxygen atoms in total. The largest absolute Gasteiger partial charge is 0.0676 e. The van der Waals surface area contributed by atoms with Gasteiger partial charge >= 0.3 is 0 Å². The average Bonchev–Trinajstić information content (AvgIpc) is 2.74. The fraction of sp³-hybridized carbons (Fsp3) is 0.118. The zero-order chi connectivity index (χ0) is 11.8. The molecule has 0 N–H and O–H groups in total. The molecule has 1 aliphatic rings. The Kier molecular flexibility index (Phi) is 4.02. The SMILES string of the molecule is Cc1cc2c(cc1C)C(c1ccccc1)=C[CH]2.[Zr]. The van der Waals surface area contributed by atoms with Crippen LogP contribution < -0.4 is 0 Å². The number of aryl methyl sites for hydroxylation is 2. The van der Waals surface area contributed by atoms with E-state index in [2.05, 4.69) is 68.8 Å². The van der Waals surface area contributed by atoms with Crippen LogP contribution in [0, 0.1) is 20.3 Å². The van der Waals surface area contributed by atoms with Crippen molar-refractivity contribution >= 4 is 5.57 Å². The van der Waals surface area contributed by atoms with Gasteiger partial charge in [0.05, 0.1) is 0 Å². The average molecular weight is 311 g/mol. The fourth-order valence-electron chi connectivity index (χ4n) is 2.34. The van der Waals surface area contributed by atoms with Gasteiger partial charge in [0.15, 0.2) is 0 Å². The Morgan fingerprint density at radius 3 is 2.22 bits per heavy atom. The molecule has 0 unspecified atom stereocenters. The number of hydrogen-bond donors (Lipinski definition) is 0. The molecule has 0 atom stereocenters. The molecular weight excluding hydrogens is 295 g/mol. The van der Waals surface area contributed by atoms with Crippen molar-refractivity contribution in [1.29, 1.82) is 0 Å². The third-order valence-electron chi connectivity index (χ3n) is 3.47. The molecule has 1 aliphatic carbocycles. The van der Waals surface area contributed by atoms with Crippen molar-refractivity contribution in [3.63, 3.8) is 0 Å². The number of allylic oxidation sites excluding steroid dienone is 1. The Morgan fingerprint density at radius 1 is 0.833 bits per heavy atom. The second kappa shape index (κ2) is 5.37. The Morgan fingerprint density at radius 2 is 1.50 bits per heavy atom. The van der Waals surface area contributed by atoms with E-state index in [1.165, 1.54) is 33.4 Å². The molecule has 87 valence electrons. The van der Waals surface area contributed by atoms with E-state index in [0.29, 0.717) is 0 Å². The van der Waals surface area contributed by atoms with Gasteiger partial charge in [0, 0.05) is 32.6 Å². The molecular formula is C17H15Zr. The van der Waals surface area contributed by atoms with E-state index in [0.717, 1.165) is 0 Å². The van der Waals surface area contributed by atoms with E-state index < -0.39 is 0 Å². The monoisotopic (exact) mass is 309 g/mol. The minimum atomic E-state index is 0. The minimum Gasteiger partial charge on any atom is -0.0676 e. The molecule has 0 spiro atoms. The van der Waals surface area contributed by atoms with E-state index in [1.807, 2.05) is 0 Å². The Labute approximate surface area is 128 Å². The maximum absolute atomic E-state index is 2.30. The summed E-state index contributed by atoms with van der Waals surface area (Å²) in [7, 11) is 0. The maximum atomic E-state index is 2.30. The maximum Gasteiger partial charge on any atom is 0.0138 e. The number of fused-ring (bicyclic) bond motifs is 1. The first-order chi connectivity index (χ1) is 8.25. The molecule has 18 heavy (non-hydrogen) atoms. The van der Waals surface area contributed by atoms with Gasteiger partial charge in [0.2, 0.25) is 0 Å². The summed E-state index contributed by atoms with van der Waals surface area (Å²) in [6.07, 6.45) is 4.43. The van der Waals surface area contributed by atoms with Crippen LogP contribution in [0.5, 0.6) is 0 Å². The smallest absolute Gasteiger partial charge is 0.0138 e. The molecule has 2 aromatic carbocycles. The van der Waals surface area contributed by atoms with Crippen LogP contribution in [0.2, 0.25) is 0 Å². The van der Waals surface area contributed by atoms with Crippen LogP contribution in [-0.2, 0) is 26.2 Å². The molecule has 3 rings (SSSR count). The van der Waals surface area contributed by atoms with Gasteiger partial charge < -0.3 is 0 Å². The minimum absolute atomic E-state index is 0. The van der Waals surface area contributed by atoms with Gasteiger partial charge in [-0.1, -0.05) is 48.5 Å². The normalized spacial score (nSPS) is 12.7. The zero-order valence-corrected chi connectivity index (χ0v) is 13.2. The van der Waals surface area contributed by atoms with Crippen LogP contribution >= 0.6 is 0 Å². The Hall–Kier alpha value is -0.937. The molecule has 0 amide bonds. The molecule has 0 bridgehead atoms. The molecule has 0 aromatic heterocycles. The molecule has 0 fully saturated rings. The van der Waals surface area contributed by atoms with Crippen molar-refractivity contribution in [1.82, 2.24) is 0 Å². The van der Waals surface area contributed by atoms with Gasteiger partial charge in [-0.05, 0) is 47.2 Å². The predicted molar refractivity (Wildman–Crippen MR) is 72.8 cm³/mol. The van der Waals surface area contributed by atoms with E-state index in [4.69, 9.17) is 0 Å². The summed E-state index contributed by atoms with van der Waals surface area (Å²) in [5.41, 5.74) is 8.06. The summed E-state index contributed by atoms with van der Waals surface area (Å²) in [5.74, 6) is 0. The molecule has 1 heteroatoms. The van der Waals surface area contributed by atoms with Gasteiger partial charge in [0.1, 0.15) is 0 Å². The van der Waals surface area contributed by atoms with Gasteiger partial charge in [-0.15, -0.1) is 0 Å². The first-order valence-corrected chi connectivity index (χ1v) is 5.98. The van der Waals surface area contributed by atoms with Crippen LogP contribution in [0.1, 0.15) is 27.8 Å². The quantitative estimate of drug-likeness (QED) is 0.737. The zero-order valence-electron chi connectivity index (χ0n) is 10.7. The van der Waals surface area contributed by atoms with Crippen LogP contribution in [0.3, 0.4) is 0 Å². The van der Waals surface area contributed by atoms with Crippen LogP contribution in [0.25, 0.3) is 5.57 Å². The first kappa shape index (κ1) is 13.5. The van der Waals surface area contributed by atoms with Crippen molar-refractivity contribution in [3.8, 4) is 0 Å².